The number of hydrogen-bond donors (Lipinski definition) is 1. The molecule has 0 unspecified atom stereocenters. The van der Waals surface area contributed by atoms with Crippen LogP contribution in [0.4, 0.5) is 5.69 Å². The maximum absolute atomic E-state index is 11.9. The van der Waals surface area contributed by atoms with Crippen LogP contribution in [-0.4, -0.2) is 37.3 Å². The second kappa shape index (κ2) is 6.47. The number of nitro benzene ring substituents is 1. The third-order valence-corrected chi connectivity index (χ3v) is 3.60. The normalized spacial score (nSPS) is 12.7. The smallest absolute Gasteiger partial charge is 0.270 e. The average Bonchev–Trinajstić information content (AvgIpc) is 2.35. The Kier molecular flexibility index (Phi) is 5.20. The van der Waals surface area contributed by atoms with Crippen molar-refractivity contribution < 1.29 is 18.1 Å². The maximum Gasteiger partial charge on any atom is 0.270 e. The topological polar surface area (TPSA) is 106 Å². The van der Waals surface area contributed by atoms with Crippen molar-refractivity contribution >= 4 is 21.4 Å². The Balaban J connectivity index is 2.67. The van der Waals surface area contributed by atoms with E-state index in [4.69, 9.17) is 0 Å². The maximum atomic E-state index is 11.9. The summed E-state index contributed by atoms with van der Waals surface area (Å²) < 4.78 is 22.0. The predicted octanol–water partition coefficient (Wildman–Crippen LogP) is 1.15. The quantitative estimate of drug-likeness (QED) is 0.626. The molecule has 7 nitrogen and oxygen atoms in total. The van der Waals surface area contributed by atoms with Gasteiger partial charge < -0.3 is 5.32 Å². The zero-order chi connectivity index (χ0) is 15.3. The van der Waals surface area contributed by atoms with E-state index in [0.29, 0.717) is 6.42 Å². The van der Waals surface area contributed by atoms with Gasteiger partial charge in [0.05, 0.1) is 10.7 Å². The van der Waals surface area contributed by atoms with E-state index in [1.165, 1.54) is 24.3 Å². The largest absolute Gasteiger partial charge is 0.350 e. The lowest BCUT2D eigenvalue weighted by Crippen LogP contribution is -2.33. The van der Waals surface area contributed by atoms with Gasteiger partial charge in [-0.3, -0.25) is 14.9 Å². The van der Waals surface area contributed by atoms with E-state index >= 15 is 0 Å². The molecule has 0 heterocycles. The summed E-state index contributed by atoms with van der Waals surface area (Å²) >= 11 is 0. The van der Waals surface area contributed by atoms with Gasteiger partial charge in [-0.2, -0.15) is 0 Å². The molecule has 0 bridgehead atoms. The van der Waals surface area contributed by atoms with E-state index in [2.05, 4.69) is 5.32 Å². The van der Waals surface area contributed by atoms with E-state index < -0.39 is 20.7 Å². The summed E-state index contributed by atoms with van der Waals surface area (Å²) in [4.78, 5) is 21.9. The minimum atomic E-state index is -3.08. The van der Waals surface area contributed by atoms with Gasteiger partial charge >= 0.3 is 0 Å². The molecule has 1 amide bonds. The fourth-order valence-electron chi connectivity index (χ4n) is 1.53. The Labute approximate surface area is 117 Å². The van der Waals surface area contributed by atoms with E-state index in [1.54, 1.807) is 6.92 Å². The Morgan fingerprint density at radius 2 is 2.10 bits per heavy atom. The molecular weight excluding hydrogens is 284 g/mol. The first kappa shape index (κ1) is 16.1. The fraction of sp³-hybridized carbons (Fsp3) is 0.417. The van der Waals surface area contributed by atoms with Gasteiger partial charge in [0, 0.05) is 30.0 Å². The molecule has 1 rings (SSSR count). The number of hydrogen-bond acceptors (Lipinski definition) is 5. The SMILES string of the molecule is C[C@H](CCS(C)(=O)=O)NC(=O)c1cccc([N+](=O)[O-])c1. The lowest BCUT2D eigenvalue weighted by atomic mass is 10.1. The average molecular weight is 300 g/mol. The third kappa shape index (κ3) is 5.35. The molecule has 20 heavy (non-hydrogen) atoms. The summed E-state index contributed by atoms with van der Waals surface area (Å²) in [5.41, 5.74) is 0.00634. The van der Waals surface area contributed by atoms with Crippen LogP contribution in [0.2, 0.25) is 0 Å². The van der Waals surface area contributed by atoms with Crippen LogP contribution in [0.25, 0.3) is 0 Å². The first-order valence-electron chi connectivity index (χ1n) is 5.92. The van der Waals surface area contributed by atoms with Gasteiger partial charge in [0.1, 0.15) is 9.84 Å². The molecule has 0 aliphatic rings. The van der Waals surface area contributed by atoms with Gasteiger partial charge in [0.15, 0.2) is 0 Å². The lowest BCUT2D eigenvalue weighted by Gasteiger charge is -2.13. The third-order valence-electron chi connectivity index (χ3n) is 2.62. The molecule has 110 valence electrons. The van der Waals surface area contributed by atoms with Crippen LogP contribution in [0, 0.1) is 10.1 Å². The Bertz CT molecular complexity index is 612. The van der Waals surface area contributed by atoms with Crippen molar-refractivity contribution in [3.05, 3.63) is 39.9 Å². The molecule has 1 N–H and O–H groups in total. The van der Waals surface area contributed by atoms with E-state index in [1.807, 2.05) is 0 Å². The molecule has 0 aromatic heterocycles. The monoisotopic (exact) mass is 300 g/mol. The molecule has 0 aliphatic heterocycles. The van der Waals surface area contributed by atoms with E-state index in [-0.39, 0.29) is 23.0 Å². The summed E-state index contributed by atoms with van der Waals surface area (Å²) in [7, 11) is -3.08. The molecule has 8 heteroatoms. The summed E-state index contributed by atoms with van der Waals surface area (Å²) in [6.45, 7) is 1.68. The number of nitro groups is 1. The molecule has 1 aromatic rings. The zero-order valence-corrected chi connectivity index (χ0v) is 12.0. The van der Waals surface area contributed by atoms with Crippen LogP contribution in [-0.2, 0) is 9.84 Å². The number of nitrogens with one attached hydrogen (secondary N) is 1. The molecule has 0 aliphatic carbocycles. The van der Waals surface area contributed by atoms with E-state index in [0.717, 1.165) is 6.26 Å². The first-order chi connectivity index (χ1) is 9.19. The molecular formula is C12H16N2O5S. The van der Waals surface area contributed by atoms with Crippen LogP contribution in [0.1, 0.15) is 23.7 Å². The predicted molar refractivity (Wildman–Crippen MR) is 74.4 cm³/mol. The van der Waals surface area contributed by atoms with Gasteiger partial charge in [0.2, 0.25) is 0 Å². The van der Waals surface area contributed by atoms with Crippen molar-refractivity contribution in [2.24, 2.45) is 0 Å². The number of rotatable bonds is 6. The van der Waals surface area contributed by atoms with Crippen molar-refractivity contribution in [3.8, 4) is 0 Å². The molecule has 0 spiro atoms. The van der Waals surface area contributed by atoms with Gasteiger partial charge in [-0.1, -0.05) is 6.07 Å². The van der Waals surface area contributed by atoms with Gasteiger partial charge in [-0.25, -0.2) is 8.42 Å². The number of carbonyl (C=O) groups is 1. The number of amides is 1. The number of sulfone groups is 1. The van der Waals surface area contributed by atoms with Crippen molar-refractivity contribution in [2.75, 3.05) is 12.0 Å². The van der Waals surface area contributed by atoms with Crippen LogP contribution in [0.5, 0.6) is 0 Å². The highest BCUT2D eigenvalue weighted by molar-refractivity contribution is 7.90. The molecule has 0 fully saturated rings. The highest BCUT2D eigenvalue weighted by Crippen LogP contribution is 2.13. The zero-order valence-electron chi connectivity index (χ0n) is 11.2. The standard InChI is InChI=1S/C12H16N2O5S/c1-9(6-7-20(2,18)19)13-12(15)10-4-3-5-11(8-10)14(16)17/h3-5,8-9H,6-7H2,1-2H3,(H,13,15)/t9-/m1/s1. The van der Waals surface area contributed by atoms with Gasteiger partial charge in [0.25, 0.3) is 11.6 Å². The summed E-state index contributed by atoms with van der Waals surface area (Å²) in [5, 5.41) is 13.2. The van der Waals surface area contributed by atoms with Crippen LogP contribution < -0.4 is 5.32 Å². The Hall–Kier alpha value is -1.96. The number of non-ortho nitro benzene ring substituents is 1. The van der Waals surface area contributed by atoms with Gasteiger partial charge in [-0.15, -0.1) is 0 Å². The first-order valence-corrected chi connectivity index (χ1v) is 7.98. The Morgan fingerprint density at radius 3 is 2.65 bits per heavy atom. The minimum Gasteiger partial charge on any atom is -0.350 e. The Morgan fingerprint density at radius 1 is 1.45 bits per heavy atom. The van der Waals surface area contributed by atoms with Crippen molar-refractivity contribution in [1.82, 2.24) is 5.32 Å². The number of nitrogens with zero attached hydrogens (tertiary/aromatic N) is 1. The van der Waals surface area contributed by atoms with Crippen molar-refractivity contribution in [1.29, 1.82) is 0 Å². The highest BCUT2D eigenvalue weighted by Gasteiger charge is 2.14. The summed E-state index contributed by atoms with van der Waals surface area (Å²) in [6, 6.07) is 5.03. The molecule has 1 aromatic carbocycles. The number of carbonyl (C=O) groups excluding carboxylic acids is 1. The molecule has 0 saturated carbocycles. The molecule has 1 atom stereocenters. The van der Waals surface area contributed by atoms with Gasteiger partial charge in [-0.05, 0) is 19.4 Å². The summed E-state index contributed by atoms with van der Waals surface area (Å²) in [5.74, 6) is -0.488. The van der Waals surface area contributed by atoms with Crippen LogP contribution in [0.15, 0.2) is 24.3 Å². The number of benzene rings is 1. The summed E-state index contributed by atoms with van der Waals surface area (Å²) in [6.07, 6.45) is 1.42. The minimum absolute atomic E-state index is 0.0244. The van der Waals surface area contributed by atoms with Crippen LogP contribution in [0.3, 0.4) is 0 Å². The second-order valence-corrected chi connectivity index (χ2v) is 6.86. The van der Waals surface area contributed by atoms with Crippen molar-refractivity contribution in [3.63, 3.8) is 0 Å². The lowest BCUT2D eigenvalue weighted by molar-refractivity contribution is -0.384. The van der Waals surface area contributed by atoms with E-state index in [9.17, 15) is 23.3 Å². The fourth-order valence-corrected chi connectivity index (χ4v) is 2.31. The highest BCUT2D eigenvalue weighted by atomic mass is 32.2. The second-order valence-electron chi connectivity index (χ2n) is 4.60. The molecule has 0 radical (unpaired) electrons. The van der Waals surface area contributed by atoms with Crippen molar-refractivity contribution in [2.45, 2.75) is 19.4 Å². The van der Waals surface area contributed by atoms with Crippen LogP contribution >= 0.6 is 0 Å². The molecule has 0 saturated heterocycles.